The molecular weight excluding hydrogens is 362 g/mol. The molecule has 3 aromatic rings. The second-order valence-electron chi connectivity index (χ2n) is 8.51. The van der Waals surface area contributed by atoms with Gasteiger partial charge in [-0.15, -0.1) is 0 Å². The number of hydrogen-bond acceptors (Lipinski definition) is 4. The van der Waals surface area contributed by atoms with E-state index in [1.165, 1.54) is 38.5 Å². The second-order valence-corrected chi connectivity index (χ2v) is 8.51. The van der Waals surface area contributed by atoms with Crippen molar-refractivity contribution in [1.29, 1.82) is 0 Å². The number of aromatic hydroxyl groups is 1. The molecule has 3 aromatic heterocycles. The standard InChI is InChI=1S/C23H29N5O/c29-23-21(25-15-28(23)18-11-5-2-6-12-18)20(26-17-9-3-1-4-10-17)19-14-16-8-7-13-24-22(16)27-19/h7-8,13-15,17-18,29H,1-6,9-12H2,(H,24,27). The molecule has 3 heterocycles. The smallest absolute Gasteiger partial charge is 0.221 e. The number of H-pyrrole nitrogens is 1. The lowest BCUT2D eigenvalue weighted by atomic mass is 9.95. The van der Waals surface area contributed by atoms with E-state index in [1.807, 2.05) is 16.7 Å². The average Bonchev–Trinajstić information content (AvgIpc) is 3.37. The first-order valence-electron chi connectivity index (χ1n) is 11.1. The van der Waals surface area contributed by atoms with Crippen molar-refractivity contribution in [3.63, 3.8) is 0 Å². The molecule has 0 atom stereocenters. The molecule has 5 rings (SSSR count). The molecule has 0 saturated heterocycles. The summed E-state index contributed by atoms with van der Waals surface area (Å²) in [5.74, 6) is 0.248. The summed E-state index contributed by atoms with van der Waals surface area (Å²) in [7, 11) is 0. The van der Waals surface area contributed by atoms with Crippen molar-refractivity contribution < 1.29 is 5.11 Å². The van der Waals surface area contributed by atoms with Gasteiger partial charge in [0.2, 0.25) is 5.88 Å². The van der Waals surface area contributed by atoms with Crippen LogP contribution in [0.2, 0.25) is 0 Å². The largest absolute Gasteiger partial charge is 0.493 e. The van der Waals surface area contributed by atoms with Gasteiger partial charge < -0.3 is 10.1 Å². The lowest BCUT2D eigenvalue weighted by Gasteiger charge is -2.23. The highest BCUT2D eigenvalue weighted by Crippen LogP contribution is 2.33. The fraction of sp³-hybridized carbons (Fsp3) is 0.522. The molecule has 0 radical (unpaired) electrons. The maximum atomic E-state index is 11.1. The quantitative estimate of drug-likeness (QED) is 0.604. The third kappa shape index (κ3) is 3.68. The number of nitrogens with zero attached hydrogens (tertiary/aromatic N) is 4. The second kappa shape index (κ2) is 8.01. The first-order valence-corrected chi connectivity index (χ1v) is 11.1. The molecule has 0 amide bonds. The van der Waals surface area contributed by atoms with Crippen molar-refractivity contribution in [2.24, 2.45) is 4.99 Å². The number of fused-ring (bicyclic) bond motifs is 1. The summed E-state index contributed by atoms with van der Waals surface area (Å²) in [4.78, 5) is 17.6. The number of nitrogens with one attached hydrogen (secondary N) is 1. The molecule has 152 valence electrons. The van der Waals surface area contributed by atoms with Crippen LogP contribution in [0.15, 0.2) is 35.7 Å². The summed E-state index contributed by atoms with van der Waals surface area (Å²) in [6.45, 7) is 0. The highest BCUT2D eigenvalue weighted by molar-refractivity contribution is 6.13. The van der Waals surface area contributed by atoms with Gasteiger partial charge in [-0.25, -0.2) is 9.97 Å². The van der Waals surface area contributed by atoms with Gasteiger partial charge in [0.15, 0.2) is 5.69 Å². The fourth-order valence-electron chi connectivity index (χ4n) is 4.88. The van der Waals surface area contributed by atoms with E-state index in [-0.39, 0.29) is 11.9 Å². The molecule has 29 heavy (non-hydrogen) atoms. The maximum absolute atomic E-state index is 11.1. The third-order valence-electron chi connectivity index (χ3n) is 6.49. The fourth-order valence-corrected chi connectivity index (χ4v) is 4.88. The zero-order valence-electron chi connectivity index (χ0n) is 16.8. The van der Waals surface area contributed by atoms with Crippen LogP contribution in [-0.4, -0.2) is 36.4 Å². The predicted molar refractivity (Wildman–Crippen MR) is 115 cm³/mol. The van der Waals surface area contributed by atoms with E-state index >= 15 is 0 Å². The Morgan fingerprint density at radius 1 is 1.03 bits per heavy atom. The Bertz CT molecular complexity index is 972. The molecule has 0 spiro atoms. The SMILES string of the molecule is Oc1c(C(=NC2CCCCC2)c2cc3cccnc3[nH]2)ncn1C1CCCCC1. The van der Waals surface area contributed by atoms with E-state index in [0.717, 1.165) is 48.1 Å². The number of aromatic nitrogens is 4. The van der Waals surface area contributed by atoms with E-state index in [4.69, 9.17) is 4.99 Å². The molecular formula is C23H29N5O. The maximum Gasteiger partial charge on any atom is 0.221 e. The molecule has 2 saturated carbocycles. The van der Waals surface area contributed by atoms with Crippen LogP contribution >= 0.6 is 0 Å². The van der Waals surface area contributed by atoms with Crippen LogP contribution < -0.4 is 0 Å². The van der Waals surface area contributed by atoms with Gasteiger partial charge >= 0.3 is 0 Å². The van der Waals surface area contributed by atoms with Crippen LogP contribution in [0.3, 0.4) is 0 Å². The summed E-state index contributed by atoms with van der Waals surface area (Å²) in [5.41, 5.74) is 3.08. The number of pyridine rings is 1. The lowest BCUT2D eigenvalue weighted by Crippen LogP contribution is -2.16. The highest BCUT2D eigenvalue weighted by atomic mass is 16.3. The molecule has 2 aliphatic rings. The van der Waals surface area contributed by atoms with E-state index < -0.39 is 0 Å². The van der Waals surface area contributed by atoms with Crippen molar-refractivity contribution in [2.75, 3.05) is 0 Å². The van der Waals surface area contributed by atoms with Gasteiger partial charge in [0.05, 0.1) is 18.1 Å². The monoisotopic (exact) mass is 391 g/mol. The molecule has 0 unspecified atom stereocenters. The highest BCUT2D eigenvalue weighted by Gasteiger charge is 2.25. The minimum Gasteiger partial charge on any atom is -0.493 e. The Hall–Kier alpha value is -2.63. The molecule has 6 heteroatoms. The van der Waals surface area contributed by atoms with Gasteiger partial charge in [0, 0.05) is 17.6 Å². The van der Waals surface area contributed by atoms with Gasteiger partial charge in [0.1, 0.15) is 11.4 Å². The number of rotatable bonds is 4. The number of imidazole rings is 1. The van der Waals surface area contributed by atoms with Gasteiger partial charge in [-0.3, -0.25) is 9.56 Å². The molecule has 2 aliphatic carbocycles. The summed E-state index contributed by atoms with van der Waals surface area (Å²) >= 11 is 0. The minimum absolute atomic E-state index is 0.248. The normalized spacial score (nSPS) is 19.8. The molecule has 0 aliphatic heterocycles. The summed E-state index contributed by atoms with van der Waals surface area (Å²) in [6.07, 6.45) is 15.5. The first-order chi connectivity index (χ1) is 14.3. The van der Waals surface area contributed by atoms with Gasteiger partial charge in [0.25, 0.3) is 0 Å². The summed E-state index contributed by atoms with van der Waals surface area (Å²) < 4.78 is 1.96. The molecule has 6 nitrogen and oxygen atoms in total. The Balaban J connectivity index is 1.56. The van der Waals surface area contributed by atoms with E-state index in [2.05, 4.69) is 21.0 Å². The van der Waals surface area contributed by atoms with Gasteiger partial charge in [-0.2, -0.15) is 0 Å². The van der Waals surface area contributed by atoms with Crippen LogP contribution in [0.5, 0.6) is 5.88 Å². The van der Waals surface area contributed by atoms with Crippen LogP contribution in [-0.2, 0) is 0 Å². The number of aromatic amines is 1. The van der Waals surface area contributed by atoms with Crippen molar-refractivity contribution in [3.05, 3.63) is 42.1 Å². The summed E-state index contributed by atoms with van der Waals surface area (Å²) in [5, 5.41) is 12.2. The van der Waals surface area contributed by atoms with Gasteiger partial charge in [-0.05, 0) is 43.9 Å². The molecule has 0 aromatic carbocycles. The predicted octanol–water partition coefficient (Wildman–Crippen LogP) is 5.14. The van der Waals surface area contributed by atoms with Crippen molar-refractivity contribution in [3.8, 4) is 5.88 Å². The molecule has 0 bridgehead atoms. The van der Waals surface area contributed by atoms with Crippen LogP contribution in [0, 0.1) is 0 Å². The summed E-state index contributed by atoms with van der Waals surface area (Å²) in [6, 6.07) is 6.68. The Morgan fingerprint density at radius 2 is 1.79 bits per heavy atom. The first kappa shape index (κ1) is 18.4. The lowest BCUT2D eigenvalue weighted by molar-refractivity contribution is 0.313. The van der Waals surface area contributed by atoms with Crippen LogP contribution in [0.25, 0.3) is 11.0 Å². The third-order valence-corrected chi connectivity index (χ3v) is 6.49. The molecule has 2 N–H and O–H groups in total. The topological polar surface area (TPSA) is 79.1 Å². The number of aliphatic imine (C=N–C) groups is 1. The number of hydrogen-bond donors (Lipinski definition) is 2. The van der Waals surface area contributed by atoms with E-state index in [0.29, 0.717) is 11.7 Å². The van der Waals surface area contributed by atoms with Crippen LogP contribution in [0.1, 0.15) is 81.6 Å². The Kier molecular flexibility index (Phi) is 5.08. The van der Waals surface area contributed by atoms with E-state index in [1.54, 1.807) is 12.5 Å². The van der Waals surface area contributed by atoms with Crippen LogP contribution in [0.4, 0.5) is 0 Å². The van der Waals surface area contributed by atoms with Crippen molar-refractivity contribution in [2.45, 2.75) is 76.3 Å². The average molecular weight is 392 g/mol. The van der Waals surface area contributed by atoms with E-state index in [9.17, 15) is 5.11 Å². The zero-order chi connectivity index (χ0) is 19.6. The molecule has 2 fully saturated rings. The Labute approximate surface area is 171 Å². The van der Waals surface area contributed by atoms with Crippen molar-refractivity contribution in [1.82, 2.24) is 19.5 Å². The minimum atomic E-state index is 0.248. The zero-order valence-corrected chi connectivity index (χ0v) is 16.8. The van der Waals surface area contributed by atoms with Gasteiger partial charge in [-0.1, -0.05) is 38.5 Å². The Morgan fingerprint density at radius 3 is 2.55 bits per heavy atom. The van der Waals surface area contributed by atoms with Crippen molar-refractivity contribution >= 4 is 16.7 Å².